The van der Waals surface area contributed by atoms with E-state index in [1.54, 1.807) is 6.07 Å². The number of amidine groups is 1. The van der Waals surface area contributed by atoms with Gasteiger partial charge in [0.1, 0.15) is 5.84 Å². The molecule has 0 bridgehead atoms. The summed E-state index contributed by atoms with van der Waals surface area (Å²) in [4.78, 5) is 0. The highest BCUT2D eigenvalue weighted by molar-refractivity contribution is 5.95. The molecule has 0 radical (unpaired) electrons. The van der Waals surface area contributed by atoms with Crippen LogP contribution in [0.25, 0.3) is 0 Å². The Morgan fingerprint density at radius 1 is 1.47 bits per heavy atom. The number of hydrogen-bond donors (Lipinski definition) is 2. The summed E-state index contributed by atoms with van der Waals surface area (Å²) in [5.41, 5.74) is 5.63. The lowest BCUT2D eigenvalue weighted by Crippen LogP contribution is -2.25. The molecular formula is C11H13FN2O. The zero-order valence-electron chi connectivity index (χ0n) is 8.29. The molecule has 0 saturated heterocycles. The zero-order chi connectivity index (χ0) is 10.8. The first-order valence-corrected chi connectivity index (χ1v) is 4.97. The van der Waals surface area contributed by atoms with Crippen LogP contribution in [0.4, 0.5) is 4.39 Å². The predicted octanol–water partition coefficient (Wildman–Crippen LogP) is 2.04. The first kappa shape index (κ1) is 9.96. The minimum atomic E-state index is -0.449. The second-order valence-electron chi connectivity index (χ2n) is 3.73. The van der Waals surface area contributed by atoms with Crippen LogP contribution in [0.5, 0.6) is 5.75 Å². The third-order valence-corrected chi connectivity index (χ3v) is 2.59. The van der Waals surface area contributed by atoms with E-state index in [2.05, 4.69) is 0 Å². The summed E-state index contributed by atoms with van der Waals surface area (Å²) in [6.07, 6.45) is 3.29. The first-order valence-electron chi connectivity index (χ1n) is 4.97. The summed E-state index contributed by atoms with van der Waals surface area (Å²) in [5.74, 6) is -0.330. The van der Waals surface area contributed by atoms with E-state index in [9.17, 15) is 4.39 Å². The van der Waals surface area contributed by atoms with Gasteiger partial charge in [0, 0.05) is 5.56 Å². The molecular weight excluding hydrogens is 195 g/mol. The van der Waals surface area contributed by atoms with Crippen LogP contribution in [0.15, 0.2) is 18.2 Å². The molecule has 1 aliphatic rings. The van der Waals surface area contributed by atoms with Gasteiger partial charge in [-0.05, 0) is 37.5 Å². The van der Waals surface area contributed by atoms with Crippen molar-refractivity contribution in [1.29, 1.82) is 5.41 Å². The average Bonchev–Trinajstić information content (AvgIpc) is 2.12. The Morgan fingerprint density at radius 3 is 2.67 bits per heavy atom. The minimum absolute atomic E-state index is 0.135. The SMILES string of the molecule is N=C(N)c1ccc(OC2CCC2)c(F)c1. The summed E-state index contributed by atoms with van der Waals surface area (Å²) in [6.45, 7) is 0. The van der Waals surface area contributed by atoms with Crippen LogP contribution in [0.1, 0.15) is 24.8 Å². The van der Waals surface area contributed by atoms with Crippen LogP contribution in [-0.2, 0) is 0 Å². The van der Waals surface area contributed by atoms with Crippen LogP contribution in [-0.4, -0.2) is 11.9 Å². The summed E-state index contributed by atoms with van der Waals surface area (Å²) in [7, 11) is 0. The average molecular weight is 208 g/mol. The molecule has 0 spiro atoms. The molecule has 1 saturated carbocycles. The van der Waals surface area contributed by atoms with Crippen molar-refractivity contribution in [2.45, 2.75) is 25.4 Å². The van der Waals surface area contributed by atoms with Gasteiger partial charge in [0.15, 0.2) is 11.6 Å². The van der Waals surface area contributed by atoms with Gasteiger partial charge in [0.2, 0.25) is 0 Å². The van der Waals surface area contributed by atoms with Gasteiger partial charge >= 0.3 is 0 Å². The van der Waals surface area contributed by atoms with Crippen LogP contribution in [0, 0.1) is 11.2 Å². The number of benzene rings is 1. The smallest absolute Gasteiger partial charge is 0.165 e. The molecule has 0 amide bonds. The highest BCUT2D eigenvalue weighted by Gasteiger charge is 2.20. The van der Waals surface area contributed by atoms with Crippen LogP contribution < -0.4 is 10.5 Å². The van der Waals surface area contributed by atoms with Gasteiger partial charge < -0.3 is 10.5 Å². The van der Waals surface area contributed by atoms with Gasteiger partial charge in [-0.15, -0.1) is 0 Å². The number of rotatable bonds is 3. The lowest BCUT2D eigenvalue weighted by atomic mass is 9.96. The Bertz CT molecular complexity index is 388. The summed E-state index contributed by atoms with van der Waals surface area (Å²) in [6, 6.07) is 4.36. The normalized spacial score (nSPS) is 15.8. The van der Waals surface area contributed by atoms with Gasteiger partial charge in [0.05, 0.1) is 6.10 Å². The van der Waals surface area contributed by atoms with E-state index in [1.165, 1.54) is 12.1 Å². The Hall–Kier alpha value is -1.58. The molecule has 0 heterocycles. The van der Waals surface area contributed by atoms with Crippen molar-refractivity contribution in [2.75, 3.05) is 0 Å². The molecule has 0 aliphatic heterocycles. The molecule has 3 N–H and O–H groups in total. The molecule has 4 heteroatoms. The Kier molecular flexibility index (Phi) is 2.58. The Labute approximate surface area is 87.6 Å². The lowest BCUT2D eigenvalue weighted by Gasteiger charge is -2.26. The van der Waals surface area contributed by atoms with Crippen molar-refractivity contribution in [2.24, 2.45) is 5.73 Å². The van der Waals surface area contributed by atoms with Gasteiger partial charge in [-0.2, -0.15) is 0 Å². The molecule has 1 aromatic carbocycles. The van der Waals surface area contributed by atoms with Crippen LogP contribution in [0.2, 0.25) is 0 Å². The van der Waals surface area contributed by atoms with Gasteiger partial charge in [-0.25, -0.2) is 4.39 Å². The van der Waals surface area contributed by atoms with E-state index in [0.717, 1.165) is 19.3 Å². The van der Waals surface area contributed by atoms with E-state index in [4.69, 9.17) is 15.9 Å². The van der Waals surface area contributed by atoms with Crippen molar-refractivity contribution in [1.82, 2.24) is 0 Å². The maximum Gasteiger partial charge on any atom is 0.165 e. The highest BCUT2D eigenvalue weighted by Crippen LogP contribution is 2.27. The summed E-state index contributed by atoms with van der Waals surface area (Å²) < 4.78 is 18.9. The van der Waals surface area contributed by atoms with Crippen molar-refractivity contribution in [3.8, 4) is 5.75 Å². The number of nitrogen functional groups attached to an aromatic ring is 1. The fourth-order valence-electron chi connectivity index (χ4n) is 1.43. The maximum atomic E-state index is 13.5. The molecule has 15 heavy (non-hydrogen) atoms. The third-order valence-electron chi connectivity index (χ3n) is 2.59. The van der Waals surface area contributed by atoms with Gasteiger partial charge in [0.25, 0.3) is 0 Å². The number of hydrogen-bond acceptors (Lipinski definition) is 2. The zero-order valence-corrected chi connectivity index (χ0v) is 8.29. The van der Waals surface area contributed by atoms with Gasteiger partial charge in [-0.1, -0.05) is 0 Å². The molecule has 1 aliphatic carbocycles. The van der Waals surface area contributed by atoms with Crippen molar-refractivity contribution < 1.29 is 9.13 Å². The largest absolute Gasteiger partial charge is 0.487 e. The second-order valence-corrected chi connectivity index (χ2v) is 3.73. The molecule has 1 aromatic rings. The molecule has 80 valence electrons. The van der Waals surface area contributed by atoms with E-state index < -0.39 is 5.82 Å². The number of ether oxygens (including phenoxy) is 1. The predicted molar refractivity (Wildman–Crippen MR) is 55.7 cm³/mol. The van der Waals surface area contributed by atoms with Crippen LogP contribution in [0.3, 0.4) is 0 Å². The van der Waals surface area contributed by atoms with Crippen molar-refractivity contribution >= 4 is 5.84 Å². The van der Waals surface area contributed by atoms with Gasteiger partial charge in [-0.3, -0.25) is 5.41 Å². The molecule has 2 rings (SSSR count). The lowest BCUT2D eigenvalue weighted by molar-refractivity contribution is 0.115. The second kappa shape index (κ2) is 3.88. The first-order chi connectivity index (χ1) is 7.16. The number of nitrogens with one attached hydrogen (secondary N) is 1. The van der Waals surface area contributed by atoms with Crippen molar-refractivity contribution in [3.63, 3.8) is 0 Å². The van der Waals surface area contributed by atoms with E-state index in [0.29, 0.717) is 5.56 Å². The topological polar surface area (TPSA) is 59.1 Å². The quantitative estimate of drug-likeness (QED) is 0.590. The highest BCUT2D eigenvalue weighted by atomic mass is 19.1. The fourth-order valence-corrected chi connectivity index (χ4v) is 1.43. The number of nitrogens with two attached hydrogens (primary N) is 1. The number of halogens is 1. The maximum absolute atomic E-state index is 13.5. The minimum Gasteiger partial charge on any atom is -0.487 e. The summed E-state index contributed by atoms with van der Waals surface area (Å²) in [5, 5.41) is 7.16. The molecule has 0 aromatic heterocycles. The Morgan fingerprint density at radius 2 is 2.20 bits per heavy atom. The van der Waals surface area contributed by atoms with E-state index in [1.807, 2.05) is 0 Å². The fraction of sp³-hybridized carbons (Fsp3) is 0.364. The van der Waals surface area contributed by atoms with E-state index >= 15 is 0 Å². The van der Waals surface area contributed by atoms with Crippen LogP contribution >= 0.6 is 0 Å². The molecule has 3 nitrogen and oxygen atoms in total. The Balaban J connectivity index is 2.14. The van der Waals surface area contributed by atoms with E-state index in [-0.39, 0.29) is 17.7 Å². The van der Waals surface area contributed by atoms with Crippen molar-refractivity contribution in [3.05, 3.63) is 29.6 Å². The third kappa shape index (κ3) is 2.09. The standard InChI is InChI=1S/C11H13FN2O/c12-9-6-7(11(13)14)4-5-10(9)15-8-2-1-3-8/h4-6,8H,1-3H2,(H3,13,14). The molecule has 0 unspecified atom stereocenters. The summed E-state index contributed by atoms with van der Waals surface area (Å²) >= 11 is 0. The molecule has 0 atom stereocenters. The molecule has 1 fully saturated rings. The monoisotopic (exact) mass is 208 g/mol.